The third kappa shape index (κ3) is 8.14. The van der Waals surface area contributed by atoms with Gasteiger partial charge in [-0.1, -0.05) is 0 Å². The van der Waals surface area contributed by atoms with E-state index in [-0.39, 0.29) is 31.1 Å². The van der Waals surface area contributed by atoms with Crippen molar-refractivity contribution in [2.24, 2.45) is 0 Å². The summed E-state index contributed by atoms with van der Waals surface area (Å²) < 4.78 is 56.8. The van der Waals surface area contributed by atoms with Gasteiger partial charge in [0, 0.05) is 0 Å². The zero-order valence-electron chi connectivity index (χ0n) is 23.5. The Morgan fingerprint density at radius 2 is 0.707 bits per heavy atom. The molecule has 0 nitrogen and oxygen atoms in total. The van der Waals surface area contributed by atoms with Gasteiger partial charge in [0.05, 0.1) is 0 Å². The summed E-state index contributed by atoms with van der Waals surface area (Å²) in [4.78, 5) is 0. The number of benzene rings is 4. The van der Waals surface area contributed by atoms with Crippen LogP contribution >= 0.6 is 17.9 Å². The molecule has 0 N–H and O–H groups in total. The molecule has 0 aliphatic rings. The number of hydrogen-bond donors (Lipinski definition) is 0. The van der Waals surface area contributed by atoms with E-state index in [1.165, 1.54) is 48.5 Å². The van der Waals surface area contributed by atoms with Gasteiger partial charge in [0.25, 0.3) is 0 Å². The topological polar surface area (TPSA) is 0 Å². The van der Waals surface area contributed by atoms with Gasteiger partial charge in [-0.05, 0) is 0 Å². The summed E-state index contributed by atoms with van der Waals surface area (Å²) in [5.41, 5.74) is 3.99. The van der Waals surface area contributed by atoms with E-state index < -0.39 is 15.6 Å². The molecule has 216 valence electrons. The Balaban J connectivity index is 2.06. The maximum absolute atomic E-state index is 14.2. The maximum atomic E-state index is 14.2. The van der Waals surface area contributed by atoms with Gasteiger partial charge in [0.15, 0.2) is 0 Å². The second-order valence-corrected chi connectivity index (χ2v) is 34.7. The van der Waals surface area contributed by atoms with Gasteiger partial charge < -0.3 is 0 Å². The van der Waals surface area contributed by atoms with Crippen LogP contribution in [0.25, 0.3) is 0 Å². The molecule has 0 fully saturated rings. The molecule has 0 unspecified atom stereocenters. The van der Waals surface area contributed by atoms with Crippen LogP contribution in [-0.4, -0.2) is 27.1 Å². The van der Waals surface area contributed by atoms with Crippen LogP contribution in [0.15, 0.2) is 97.1 Å². The van der Waals surface area contributed by atoms with Gasteiger partial charge in [-0.2, -0.15) is 0 Å². The van der Waals surface area contributed by atoms with E-state index in [2.05, 4.69) is 31.7 Å². The SMILES string of the molecule is CCCC[S][Sn]([S]CCCC)([CH](c1ccc(F)cc1)c1ccc(F)cc1)[CH](c1ccc(F)cc1)c1ccc(F)cc1. The molecule has 0 saturated carbocycles. The molecule has 7 heteroatoms. The summed E-state index contributed by atoms with van der Waals surface area (Å²) in [5, 5.41) is 0. The summed E-state index contributed by atoms with van der Waals surface area (Å²) in [6.07, 6.45) is 4.17. The number of hydrogen-bond acceptors (Lipinski definition) is 2. The Labute approximate surface area is 251 Å². The van der Waals surface area contributed by atoms with Crippen LogP contribution in [-0.2, 0) is 0 Å². The number of unbranched alkanes of at least 4 members (excludes halogenated alkanes) is 2. The van der Waals surface area contributed by atoms with Crippen molar-refractivity contribution in [3.63, 3.8) is 0 Å². The number of halogens is 4. The summed E-state index contributed by atoms with van der Waals surface area (Å²) in [7, 11) is 4.11. The molecule has 0 aliphatic carbocycles. The standard InChI is InChI=1S/2C13H9F2.2C4H10S.Sn/c2*14-12-5-1-10(2-6-12)9-11-3-7-13(15)8-4-11;2*1-2-3-4-5;/h2*1-9H;2*5H,2-4H2,1H3;/q;;;;+2/p-2. The Morgan fingerprint density at radius 1 is 0.463 bits per heavy atom. The van der Waals surface area contributed by atoms with E-state index in [0.29, 0.717) is 0 Å². The van der Waals surface area contributed by atoms with E-state index >= 15 is 0 Å². The van der Waals surface area contributed by atoms with Crippen molar-refractivity contribution < 1.29 is 17.6 Å². The zero-order chi connectivity index (χ0) is 29.2. The van der Waals surface area contributed by atoms with Gasteiger partial charge >= 0.3 is 253 Å². The summed E-state index contributed by atoms with van der Waals surface area (Å²) in [5.74, 6) is 0.667. The zero-order valence-corrected chi connectivity index (χ0v) is 28.0. The summed E-state index contributed by atoms with van der Waals surface area (Å²) in [6, 6.07) is 26.9. The van der Waals surface area contributed by atoms with Crippen molar-refractivity contribution in [3.8, 4) is 0 Å². The second kappa shape index (κ2) is 15.5. The number of rotatable bonds is 14. The van der Waals surface area contributed by atoms with Crippen molar-refractivity contribution in [2.75, 3.05) is 11.5 Å². The van der Waals surface area contributed by atoms with Gasteiger partial charge in [-0.3, -0.25) is 0 Å². The molecule has 4 aromatic carbocycles. The Kier molecular flexibility index (Phi) is 12.1. The summed E-state index contributed by atoms with van der Waals surface area (Å²) >= 11 is -3.94. The third-order valence-electron chi connectivity index (χ3n) is 7.27. The van der Waals surface area contributed by atoms with Crippen molar-refractivity contribution >= 4 is 33.5 Å². The predicted molar refractivity (Wildman–Crippen MR) is 170 cm³/mol. The monoisotopic (exact) mass is 704 g/mol. The van der Waals surface area contributed by atoms with E-state index in [0.717, 1.165) is 59.4 Å². The van der Waals surface area contributed by atoms with Crippen LogP contribution < -0.4 is 0 Å². The first-order chi connectivity index (χ1) is 19.9. The van der Waals surface area contributed by atoms with Crippen LogP contribution in [0.5, 0.6) is 0 Å². The van der Waals surface area contributed by atoms with Gasteiger partial charge in [0.2, 0.25) is 0 Å². The Bertz CT molecular complexity index is 1150. The predicted octanol–water partition coefficient (Wildman–Crippen LogP) is 10.8. The summed E-state index contributed by atoms with van der Waals surface area (Å²) in [6.45, 7) is 4.35. The molecule has 4 aromatic rings. The van der Waals surface area contributed by atoms with Crippen LogP contribution in [0.1, 0.15) is 69.7 Å². The molecule has 0 aliphatic heterocycles. The molecule has 0 amide bonds. The average molecular weight is 703 g/mol. The molecular formula is C34H36F4S2Sn. The van der Waals surface area contributed by atoms with Crippen LogP contribution in [0.2, 0.25) is 0 Å². The Hall–Kier alpha value is -1.90. The molecule has 0 atom stereocenters. The molecule has 0 heterocycles. The van der Waals surface area contributed by atoms with Crippen LogP contribution in [0.3, 0.4) is 0 Å². The van der Waals surface area contributed by atoms with E-state index in [1.54, 1.807) is 0 Å². The minimum absolute atomic E-state index is 0.0886. The van der Waals surface area contributed by atoms with Crippen LogP contribution in [0, 0.1) is 23.3 Å². The fraction of sp³-hybridized carbons (Fsp3) is 0.294. The van der Waals surface area contributed by atoms with E-state index in [1.807, 2.05) is 48.5 Å². The first-order valence-corrected chi connectivity index (χ1v) is 26.4. The van der Waals surface area contributed by atoms with E-state index in [4.69, 9.17) is 0 Å². The van der Waals surface area contributed by atoms with Gasteiger partial charge in [0.1, 0.15) is 0 Å². The van der Waals surface area contributed by atoms with Crippen LogP contribution in [0.4, 0.5) is 17.6 Å². The molecular weight excluding hydrogens is 667 g/mol. The van der Waals surface area contributed by atoms with E-state index in [9.17, 15) is 17.6 Å². The fourth-order valence-corrected chi connectivity index (χ4v) is 42.6. The second-order valence-electron chi connectivity index (χ2n) is 10.2. The van der Waals surface area contributed by atoms with Crippen molar-refractivity contribution in [1.82, 2.24) is 0 Å². The molecule has 0 spiro atoms. The van der Waals surface area contributed by atoms with Crippen molar-refractivity contribution in [2.45, 2.75) is 47.4 Å². The van der Waals surface area contributed by atoms with Crippen molar-refractivity contribution in [3.05, 3.63) is 143 Å². The average Bonchev–Trinajstić information content (AvgIpc) is 2.97. The third-order valence-corrected chi connectivity index (χ3v) is 39.8. The molecule has 0 radical (unpaired) electrons. The molecule has 41 heavy (non-hydrogen) atoms. The molecule has 4 rings (SSSR count). The van der Waals surface area contributed by atoms with Gasteiger partial charge in [-0.25, -0.2) is 0 Å². The molecule has 0 bridgehead atoms. The molecule has 0 saturated heterocycles. The van der Waals surface area contributed by atoms with Crippen molar-refractivity contribution in [1.29, 1.82) is 0 Å². The first-order valence-electron chi connectivity index (χ1n) is 14.2. The van der Waals surface area contributed by atoms with Gasteiger partial charge in [-0.15, -0.1) is 0 Å². The molecule has 0 aromatic heterocycles. The fourth-order valence-electron chi connectivity index (χ4n) is 5.23. The normalized spacial score (nSPS) is 11.9. The Morgan fingerprint density at radius 3 is 0.927 bits per heavy atom. The quantitative estimate of drug-likeness (QED) is 0.0729. The first kappa shape index (κ1) is 32.0. The minimum atomic E-state index is -3.94.